The first-order chi connectivity index (χ1) is 9.29. The summed E-state index contributed by atoms with van der Waals surface area (Å²) in [6, 6.07) is 0. The highest BCUT2D eigenvalue weighted by Crippen LogP contribution is 2.36. The number of hydrogen-bond donors (Lipinski definition) is 0. The SMILES string of the molecule is COC(=O)C1=CN(C(=O)OC)C(C)(C)C(C(=O)OC)C1. The molecule has 1 rings (SSSR count). The van der Waals surface area contributed by atoms with E-state index in [0.717, 1.165) is 0 Å². The second kappa shape index (κ2) is 5.94. The Kier molecular flexibility index (Phi) is 4.75. The number of hydrogen-bond acceptors (Lipinski definition) is 6. The average molecular weight is 285 g/mol. The van der Waals surface area contributed by atoms with Gasteiger partial charge in [-0.2, -0.15) is 0 Å². The van der Waals surface area contributed by atoms with Crippen LogP contribution in [0.15, 0.2) is 11.8 Å². The average Bonchev–Trinajstić information content (AvgIpc) is 2.44. The lowest BCUT2D eigenvalue weighted by Gasteiger charge is -2.43. The Hall–Kier alpha value is -2.05. The summed E-state index contributed by atoms with van der Waals surface area (Å²) < 4.78 is 14.1. The molecule has 0 fully saturated rings. The van der Waals surface area contributed by atoms with Crippen LogP contribution in [0.4, 0.5) is 4.79 Å². The van der Waals surface area contributed by atoms with Crippen molar-refractivity contribution in [2.75, 3.05) is 21.3 Å². The third kappa shape index (κ3) is 2.76. The van der Waals surface area contributed by atoms with Crippen LogP contribution in [-0.2, 0) is 23.8 Å². The molecule has 112 valence electrons. The number of carbonyl (C=O) groups excluding carboxylic acids is 3. The molecule has 0 aliphatic carbocycles. The van der Waals surface area contributed by atoms with E-state index in [9.17, 15) is 14.4 Å². The molecule has 1 unspecified atom stereocenters. The fraction of sp³-hybridized carbons (Fsp3) is 0.615. The molecular weight excluding hydrogens is 266 g/mol. The molecule has 1 aliphatic heterocycles. The van der Waals surface area contributed by atoms with Crippen LogP contribution in [0.25, 0.3) is 0 Å². The van der Waals surface area contributed by atoms with E-state index in [1.165, 1.54) is 32.4 Å². The van der Waals surface area contributed by atoms with Gasteiger partial charge < -0.3 is 14.2 Å². The first-order valence-corrected chi connectivity index (χ1v) is 6.03. The van der Waals surface area contributed by atoms with E-state index < -0.39 is 29.5 Å². The summed E-state index contributed by atoms with van der Waals surface area (Å²) >= 11 is 0. The van der Waals surface area contributed by atoms with Crippen molar-refractivity contribution in [3.63, 3.8) is 0 Å². The maximum absolute atomic E-state index is 11.9. The molecular formula is C13H19NO6. The van der Waals surface area contributed by atoms with Gasteiger partial charge in [-0.25, -0.2) is 9.59 Å². The normalized spacial score (nSPS) is 20.8. The Morgan fingerprint density at radius 2 is 1.75 bits per heavy atom. The van der Waals surface area contributed by atoms with Gasteiger partial charge in [-0.3, -0.25) is 9.69 Å². The molecule has 0 aromatic carbocycles. The zero-order valence-corrected chi connectivity index (χ0v) is 12.3. The van der Waals surface area contributed by atoms with Crippen molar-refractivity contribution in [1.82, 2.24) is 4.90 Å². The zero-order chi connectivity index (χ0) is 15.5. The highest BCUT2D eigenvalue weighted by Gasteiger charge is 2.47. The maximum atomic E-state index is 11.9. The molecule has 0 aromatic heterocycles. The van der Waals surface area contributed by atoms with Crippen LogP contribution >= 0.6 is 0 Å². The second-order valence-electron chi connectivity index (χ2n) is 4.92. The number of amides is 1. The summed E-state index contributed by atoms with van der Waals surface area (Å²) in [7, 11) is 3.72. The third-order valence-corrected chi connectivity index (χ3v) is 3.49. The van der Waals surface area contributed by atoms with Crippen molar-refractivity contribution in [3.05, 3.63) is 11.8 Å². The molecule has 1 amide bonds. The minimum atomic E-state index is -0.877. The molecule has 0 bridgehead atoms. The van der Waals surface area contributed by atoms with Gasteiger partial charge in [0.15, 0.2) is 0 Å². The molecule has 7 heteroatoms. The van der Waals surface area contributed by atoms with Gasteiger partial charge >= 0.3 is 18.0 Å². The molecule has 0 N–H and O–H groups in total. The van der Waals surface area contributed by atoms with Crippen molar-refractivity contribution < 1.29 is 28.6 Å². The van der Waals surface area contributed by atoms with Gasteiger partial charge in [-0.1, -0.05) is 0 Å². The van der Waals surface area contributed by atoms with Gasteiger partial charge in [-0.05, 0) is 20.3 Å². The van der Waals surface area contributed by atoms with Crippen molar-refractivity contribution >= 4 is 18.0 Å². The van der Waals surface area contributed by atoms with Crippen LogP contribution in [-0.4, -0.2) is 49.8 Å². The summed E-state index contributed by atoms with van der Waals surface area (Å²) in [5.41, 5.74) is -0.662. The molecule has 1 atom stereocenters. The van der Waals surface area contributed by atoms with Crippen LogP contribution < -0.4 is 0 Å². The van der Waals surface area contributed by atoms with E-state index in [0.29, 0.717) is 0 Å². The fourth-order valence-corrected chi connectivity index (χ4v) is 2.18. The van der Waals surface area contributed by atoms with Gasteiger partial charge in [-0.15, -0.1) is 0 Å². The van der Waals surface area contributed by atoms with Crippen molar-refractivity contribution in [3.8, 4) is 0 Å². The van der Waals surface area contributed by atoms with E-state index in [1.54, 1.807) is 13.8 Å². The number of methoxy groups -OCH3 is 3. The summed E-state index contributed by atoms with van der Waals surface area (Å²) in [5, 5.41) is 0. The predicted octanol–water partition coefficient (Wildman–Crippen LogP) is 1.08. The van der Waals surface area contributed by atoms with Crippen molar-refractivity contribution in [2.45, 2.75) is 25.8 Å². The lowest BCUT2D eigenvalue weighted by molar-refractivity contribution is -0.150. The van der Waals surface area contributed by atoms with E-state index in [4.69, 9.17) is 4.74 Å². The van der Waals surface area contributed by atoms with Gasteiger partial charge in [0.2, 0.25) is 0 Å². The molecule has 20 heavy (non-hydrogen) atoms. The molecule has 7 nitrogen and oxygen atoms in total. The Morgan fingerprint density at radius 3 is 2.20 bits per heavy atom. The number of nitrogens with zero attached hydrogens (tertiary/aromatic N) is 1. The molecule has 1 aliphatic rings. The van der Waals surface area contributed by atoms with Crippen LogP contribution in [0.5, 0.6) is 0 Å². The van der Waals surface area contributed by atoms with Gasteiger partial charge in [0.1, 0.15) is 0 Å². The van der Waals surface area contributed by atoms with Crippen LogP contribution in [0.1, 0.15) is 20.3 Å². The van der Waals surface area contributed by atoms with Crippen LogP contribution in [0, 0.1) is 5.92 Å². The molecule has 1 heterocycles. The summed E-state index contributed by atoms with van der Waals surface area (Å²) in [6.45, 7) is 3.41. The van der Waals surface area contributed by atoms with Crippen LogP contribution in [0.3, 0.4) is 0 Å². The second-order valence-corrected chi connectivity index (χ2v) is 4.92. The standard InChI is InChI=1S/C13H19NO6/c1-13(2)9(11(16)19-4)6-8(10(15)18-3)7-14(13)12(17)20-5/h7,9H,6H2,1-5H3. The molecule has 0 saturated heterocycles. The molecule has 0 radical (unpaired) electrons. The summed E-state index contributed by atoms with van der Waals surface area (Å²) in [4.78, 5) is 36.6. The zero-order valence-electron chi connectivity index (χ0n) is 12.3. The van der Waals surface area contributed by atoms with Gasteiger partial charge in [0.05, 0.1) is 38.4 Å². The summed E-state index contributed by atoms with van der Waals surface area (Å²) in [5.74, 6) is -1.78. The minimum Gasteiger partial charge on any atom is -0.469 e. The maximum Gasteiger partial charge on any atom is 0.414 e. The highest BCUT2D eigenvalue weighted by atomic mass is 16.5. The lowest BCUT2D eigenvalue weighted by atomic mass is 9.79. The number of rotatable bonds is 2. The van der Waals surface area contributed by atoms with E-state index in [-0.39, 0.29) is 12.0 Å². The van der Waals surface area contributed by atoms with Crippen LogP contribution in [0.2, 0.25) is 0 Å². The number of carbonyl (C=O) groups is 3. The number of ether oxygens (including phenoxy) is 3. The molecule has 0 aromatic rings. The lowest BCUT2D eigenvalue weighted by Crippen LogP contribution is -2.55. The minimum absolute atomic E-state index is 0.139. The smallest absolute Gasteiger partial charge is 0.414 e. The van der Waals surface area contributed by atoms with Crippen molar-refractivity contribution in [1.29, 1.82) is 0 Å². The molecule has 0 saturated carbocycles. The fourth-order valence-electron chi connectivity index (χ4n) is 2.18. The Bertz CT molecular complexity index is 454. The molecule has 0 spiro atoms. The van der Waals surface area contributed by atoms with Gasteiger partial charge in [0, 0.05) is 6.20 Å². The Morgan fingerprint density at radius 1 is 1.15 bits per heavy atom. The van der Waals surface area contributed by atoms with E-state index in [2.05, 4.69) is 9.47 Å². The highest BCUT2D eigenvalue weighted by molar-refractivity contribution is 5.91. The number of esters is 2. The monoisotopic (exact) mass is 285 g/mol. The van der Waals surface area contributed by atoms with E-state index >= 15 is 0 Å². The first-order valence-electron chi connectivity index (χ1n) is 6.03. The van der Waals surface area contributed by atoms with Crippen molar-refractivity contribution in [2.24, 2.45) is 5.92 Å². The first kappa shape index (κ1) is 16.0. The predicted molar refractivity (Wildman–Crippen MR) is 68.5 cm³/mol. The quantitative estimate of drug-likeness (QED) is 0.558. The van der Waals surface area contributed by atoms with E-state index in [1.807, 2.05) is 0 Å². The Balaban J connectivity index is 3.27. The third-order valence-electron chi connectivity index (χ3n) is 3.49. The van der Waals surface area contributed by atoms with Gasteiger partial charge in [0.25, 0.3) is 0 Å². The largest absolute Gasteiger partial charge is 0.469 e. The summed E-state index contributed by atoms with van der Waals surface area (Å²) in [6.07, 6.45) is 0.835. The topological polar surface area (TPSA) is 82.1 Å². The Labute approximate surface area is 117 Å².